The molecule has 1 aliphatic rings. The second-order valence-electron chi connectivity index (χ2n) is 5.90. The van der Waals surface area contributed by atoms with Crippen molar-refractivity contribution in [2.45, 2.75) is 18.6 Å². The number of carbonyl (C=O) groups excluding carboxylic acids is 1. The van der Waals surface area contributed by atoms with Crippen LogP contribution < -0.4 is 5.32 Å². The zero-order chi connectivity index (χ0) is 17.8. The first-order valence-electron chi connectivity index (χ1n) is 7.90. The van der Waals surface area contributed by atoms with Crippen LogP contribution in [0.25, 0.3) is 0 Å². The van der Waals surface area contributed by atoms with Crippen molar-refractivity contribution in [1.82, 2.24) is 9.88 Å². The highest BCUT2D eigenvalue weighted by molar-refractivity contribution is 5.81. The maximum absolute atomic E-state index is 13.1. The van der Waals surface area contributed by atoms with Crippen molar-refractivity contribution in [3.63, 3.8) is 0 Å². The third-order valence-electron chi connectivity index (χ3n) is 4.17. The molecule has 0 unspecified atom stereocenters. The number of carbonyl (C=O) groups is 1. The Labute approximate surface area is 144 Å². The minimum atomic E-state index is -0.605. The van der Waals surface area contributed by atoms with Gasteiger partial charge in [-0.2, -0.15) is 5.26 Å². The molecule has 0 spiro atoms. The molecule has 1 aromatic heterocycles. The molecule has 2 aromatic rings. The first kappa shape index (κ1) is 16.9. The molecule has 1 saturated heterocycles. The van der Waals surface area contributed by atoms with Crippen LogP contribution in [0.15, 0.2) is 42.6 Å². The quantitative estimate of drug-likeness (QED) is 0.886. The number of β-amino-alcohol motifs (C(OH)–C–C–N with tert-alkyl or cyclic N) is 1. The topological polar surface area (TPSA) is 89.2 Å². The van der Waals surface area contributed by atoms with E-state index >= 15 is 0 Å². The maximum atomic E-state index is 13.1. The Morgan fingerprint density at radius 2 is 2.12 bits per heavy atom. The molecule has 2 N–H and O–H groups in total. The molecule has 0 aliphatic carbocycles. The van der Waals surface area contributed by atoms with Gasteiger partial charge in [0.25, 0.3) is 0 Å². The van der Waals surface area contributed by atoms with Gasteiger partial charge in [-0.3, -0.25) is 4.79 Å². The number of rotatable bonds is 4. The first-order valence-corrected chi connectivity index (χ1v) is 7.90. The lowest BCUT2D eigenvalue weighted by atomic mass is 10.0. The molecule has 25 heavy (non-hydrogen) atoms. The molecule has 1 aromatic carbocycles. The number of aromatic nitrogens is 1. The standard InChI is InChI=1S/C18H17FN4O2/c19-14-4-2-13(3-5-14)16-7-15(24)11-23(16)18(25)10-22-17-6-1-12(8-20)9-21-17/h1-6,9,15-16,24H,7,10-11H2,(H,21,22)/t15-,16-/m0/s1. The molecule has 2 atom stereocenters. The van der Waals surface area contributed by atoms with Crippen LogP contribution in [0.3, 0.4) is 0 Å². The average Bonchev–Trinajstić information content (AvgIpc) is 3.02. The number of hydrogen-bond donors (Lipinski definition) is 2. The van der Waals surface area contributed by atoms with Gasteiger partial charge in [-0.15, -0.1) is 0 Å². The Balaban J connectivity index is 1.66. The van der Waals surface area contributed by atoms with Crippen LogP contribution in [0, 0.1) is 17.1 Å². The number of amides is 1. The lowest BCUT2D eigenvalue weighted by Crippen LogP contribution is -2.36. The number of halogens is 1. The van der Waals surface area contributed by atoms with Crippen LogP contribution in [-0.4, -0.2) is 40.1 Å². The lowest BCUT2D eigenvalue weighted by molar-refractivity contribution is -0.130. The summed E-state index contributed by atoms with van der Waals surface area (Å²) >= 11 is 0. The molecule has 7 heteroatoms. The average molecular weight is 340 g/mol. The molecule has 1 aliphatic heterocycles. The van der Waals surface area contributed by atoms with E-state index < -0.39 is 6.10 Å². The van der Waals surface area contributed by atoms with Gasteiger partial charge in [0.15, 0.2) is 0 Å². The van der Waals surface area contributed by atoms with Crippen molar-refractivity contribution in [2.75, 3.05) is 18.4 Å². The fourth-order valence-corrected chi connectivity index (χ4v) is 2.92. The van der Waals surface area contributed by atoms with Crippen LogP contribution in [-0.2, 0) is 4.79 Å². The largest absolute Gasteiger partial charge is 0.391 e. The number of aliphatic hydroxyl groups excluding tert-OH is 1. The van der Waals surface area contributed by atoms with Gasteiger partial charge >= 0.3 is 0 Å². The number of anilines is 1. The van der Waals surface area contributed by atoms with Crippen LogP contribution in [0.1, 0.15) is 23.6 Å². The van der Waals surface area contributed by atoms with E-state index in [0.717, 1.165) is 5.56 Å². The molecule has 2 heterocycles. The van der Waals surface area contributed by atoms with Gasteiger partial charge < -0.3 is 15.3 Å². The smallest absolute Gasteiger partial charge is 0.242 e. The van der Waals surface area contributed by atoms with Gasteiger partial charge in [0.2, 0.25) is 5.91 Å². The lowest BCUT2D eigenvalue weighted by Gasteiger charge is -2.25. The summed E-state index contributed by atoms with van der Waals surface area (Å²) in [7, 11) is 0. The highest BCUT2D eigenvalue weighted by Gasteiger charge is 2.35. The number of pyridine rings is 1. The number of nitrogens with one attached hydrogen (secondary N) is 1. The van der Waals surface area contributed by atoms with Gasteiger partial charge in [0.05, 0.1) is 24.3 Å². The van der Waals surface area contributed by atoms with Crippen LogP contribution in [0.5, 0.6) is 0 Å². The summed E-state index contributed by atoms with van der Waals surface area (Å²) in [6.45, 7) is 0.257. The molecule has 3 rings (SSSR count). The summed E-state index contributed by atoms with van der Waals surface area (Å²) < 4.78 is 13.1. The highest BCUT2D eigenvalue weighted by atomic mass is 19.1. The van der Waals surface area contributed by atoms with Crippen molar-refractivity contribution in [3.8, 4) is 6.07 Å². The summed E-state index contributed by atoms with van der Waals surface area (Å²) in [5.74, 6) is -0.0313. The van der Waals surface area contributed by atoms with Crippen molar-refractivity contribution in [2.24, 2.45) is 0 Å². The monoisotopic (exact) mass is 340 g/mol. The molecule has 1 amide bonds. The second-order valence-corrected chi connectivity index (χ2v) is 5.90. The fourth-order valence-electron chi connectivity index (χ4n) is 2.92. The number of nitrogens with zero attached hydrogens (tertiary/aromatic N) is 3. The molecule has 0 radical (unpaired) electrons. The number of nitriles is 1. The maximum Gasteiger partial charge on any atom is 0.242 e. The number of aliphatic hydroxyl groups is 1. The van der Waals surface area contributed by atoms with Gasteiger partial charge in [0.1, 0.15) is 17.7 Å². The van der Waals surface area contributed by atoms with Gasteiger partial charge in [-0.1, -0.05) is 12.1 Å². The predicted molar refractivity (Wildman–Crippen MR) is 88.9 cm³/mol. The number of benzene rings is 1. The molecule has 0 bridgehead atoms. The summed E-state index contributed by atoms with van der Waals surface area (Å²) in [4.78, 5) is 18.2. The summed E-state index contributed by atoms with van der Waals surface area (Å²) in [5.41, 5.74) is 1.23. The van der Waals surface area contributed by atoms with E-state index in [9.17, 15) is 14.3 Å². The minimum Gasteiger partial charge on any atom is -0.391 e. The molecule has 128 valence electrons. The molecular formula is C18H17FN4O2. The van der Waals surface area contributed by atoms with Gasteiger partial charge in [-0.05, 0) is 36.2 Å². The third-order valence-corrected chi connectivity index (χ3v) is 4.17. The van der Waals surface area contributed by atoms with Crippen molar-refractivity contribution in [1.29, 1.82) is 5.26 Å². The van der Waals surface area contributed by atoms with Crippen molar-refractivity contribution < 1.29 is 14.3 Å². The van der Waals surface area contributed by atoms with E-state index in [1.807, 2.05) is 6.07 Å². The molecule has 0 saturated carbocycles. The molecular weight excluding hydrogens is 323 g/mol. The zero-order valence-corrected chi connectivity index (χ0v) is 13.4. The Kier molecular flexibility index (Phi) is 4.91. The second kappa shape index (κ2) is 7.28. The van der Waals surface area contributed by atoms with Crippen LogP contribution >= 0.6 is 0 Å². The SMILES string of the molecule is N#Cc1ccc(NCC(=O)N2C[C@@H](O)C[C@H]2c2ccc(F)cc2)nc1. The van der Waals surface area contributed by atoms with Crippen LogP contribution in [0.2, 0.25) is 0 Å². The first-order chi connectivity index (χ1) is 12.1. The zero-order valence-electron chi connectivity index (χ0n) is 13.4. The Hall–Kier alpha value is -2.98. The summed E-state index contributed by atoms with van der Waals surface area (Å²) in [6, 6.07) is 10.9. The van der Waals surface area contributed by atoms with E-state index in [-0.39, 0.29) is 30.9 Å². The van der Waals surface area contributed by atoms with Crippen molar-refractivity contribution in [3.05, 3.63) is 59.5 Å². The molecule has 6 nitrogen and oxygen atoms in total. The predicted octanol–water partition coefficient (Wildman–Crippen LogP) is 1.84. The Morgan fingerprint density at radius 3 is 2.76 bits per heavy atom. The number of hydrogen-bond acceptors (Lipinski definition) is 5. The number of likely N-dealkylation sites (tertiary alicyclic amines) is 1. The highest BCUT2D eigenvalue weighted by Crippen LogP contribution is 2.32. The third kappa shape index (κ3) is 3.92. The van der Waals surface area contributed by atoms with E-state index in [2.05, 4.69) is 10.3 Å². The van der Waals surface area contributed by atoms with Gasteiger partial charge in [-0.25, -0.2) is 9.37 Å². The van der Waals surface area contributed by atoms with E-state index in [1.165, 1.54) is 18.3 Å². The van der Waals surface area contributed by atoms with E-state index in [1.54, 1.807) is 29.2 Å². The molecule has 1 fully saturated rings. The van der Waals surface area contributed by atoms with E-state index in [0.29, 0.717) is 17.8 Å². The van der Waals surface area contributed by atoms with Crippen molar-refractivity contribution >= 4 is 11.7 Å². The van der Waals surface area contributed by atoms with Gasteiger partial charge in [0, 0.05) is 12.7 Å². The normalized spacial score (nSPS) is 19.5. The fraction of sp³-hybridized carbons (Fsp3) is 0.278. The minimum absolute atomic E-state index is 0.0172. The Morgan fingerprint density at radius 1 is 1.36 bits per heavy atom. The van der Waals surface area contributed by atoms with Crippen LogP contribution in [0.4, 0.5) is 10.2 Å². The summed E-state index contributed by atoms with van der Waals surface area (Å²) in [6.07, 6.45) is 1.24. The van der Waals surface area contributed by atoms with E-state index in [4.69, 9.17) is 5.26 Å². The summed E-state index contributed by atoms with van der Waals surface area (Å²) in [5, 5.41) is 21.6. The Bertz CT molecular complexity index is 786.